The fourth-order valence-corrected chi connectivity index (χ4v) is 7.08. The maximum absolute atomic E-state index is 10.3. The van der Waals surface area contributed by atoms with Crippen LogP contribution >= 0.6 is 0 Å². The molecule has 2 heterocycles. The van der Waals surface area contributed by atoms with E-state index in [1.165, 1.54) is 0 Å². The molecule has 7 aromatic carbocycles. The van der Waals surface area contributed by atoms with E-state index in [0.29, 0.717) is 11.1 Å². The zero-order valence-electron chi connectivity index (χ0n) is 23.5. The van der Waals surface area contributed by atoms with Crippen LogP contribution in [0.4, 0.5) is 0 Å². The van der Waals surface area contributed by atoms with E-state index < -0.39 is 0 Å². The van der Waals surface area contributed by atoms with Gasteiger partial charge in [-0.3, -0.25) is 0 Å². The third-order valence-electron chi connectivity index (χ3n) is 8.96. The Labute approximate surface area is 252 Å². The van der Waals surface area contributed by atoms with Gasteiger partial charge in [0.25, 0.3) is 0 Å². The molecule has 202 valence electrons. The summed E-state index contributed by atoms with van der Waals surface area (Å²) < 4.78 is 4.58. The van der Waals surface area contributed by atoms with Gasteiger partial charge in [0.2, 0.25) is 0 Å². The van der Waals surface area contributed by atoms with Gasteiger partial charge in [0.1, 0.15) is 12.1 Å². The molecular weight excluding hydrogens is 536 g/mol. The van der Waals surface area contributed by atoms with Gasteiger partial charge in [0.15, 0.2) is 0 Å². The van der Waals surface area contributed by atoms with Crippen LogP contribution in [0.3, 0.4) is 0 Å². The first-order chi connectivity index (χ1) is 21.8. The number of hydrogen-bond acceptors (Lipinski definition) is 2. The molecule has 0 radical (unpaired) electrons. The Kier molecular flexibility index (Phi) is 5.00. The Morgan fingerprint density at radius 3 is 1.20 bits per heavy atom. The van der Waals surface area contributed by atoms with E-state index in [-0.39, 0.29) is 0 Å². The first kappa shape index (κ1) is 24.3. The molecule has 0 fully saturated rings. The number of fused-ring (bicyclic) bond motifs is 10. The topological polar surface area (TPSA) is 57.4 Å². The van der Waals surface area contributed by atoms with E-state index in [2.05, 4.69) is 143 Å². The Morgan fingerprint density at radius 1 is 0.386 bits per heavy atom. The summed E-state index contributed by atoms with van der Waals surface area (Å²) in [7, 11) is 0. The molecule has 4 heteroatoms. The SMILES string of the molecule is N#Cc1cc(-n2c3ccccc3c3ccc4ccccc4c32)c(-n2c3ccccc3c3ccc4ccccc4c32)cc1C#N. The minimum absolute atomic E-state index is 0.350. The van der Waals surface area contributed by atoms with Crippen LogP contribution in [-0.2, 0) is 0 Å². The molecule has 0 aliphatic rings. The maximum atomic E-state index is 10.3. The molecule has 0 saturated heterocycles. The minimum Gasteiger partial charge on any atom is -0.306 e. The highest BCUT2D eigenvalue weighted by molar-refractivity contribution is 6.20. The van der Waals surface area contributed by atoms with Crippen molar-refractivity contribution < 1.29 is 0 Å². The Balaban J connectivity index is 1.55. The highest BCUT2D eigenvalue weighted by atomic mass is 15.1. The first-order valence-corrected chi connectivity index (χ1v) is 14.6. The molecule has 9 rings (SSSR count). The van der Waals surface area contributed by atoms with E-state index in [9.17, 15) is 10.5 Å². The fourth-order valence-electron chi connectivity index (χ4n) is 7.08. The van der Waals surface area contributed by atoms with E-state index in [4.69, 9.17) is 0 Å². The van der Waals surface area contributed by atoms with Crippen LogP contribution in [0.25, 0.3) is 76.5 Å². The lowest BCUT2D eigenvalue weighted by atomic mass is 10.0. The van der Waals surface area contributed by atoms with Crippen molar-refractivity contribution in [3.05, 3.63) is 145 Å². The third-order valence-corrected chi connectivity index (χ3v) is 8.96. The van der Waals surface area contributed by atoms with Gasteiger partial charge in [-0.05, 0) is 35.0 Å². The number of nitriles is 2. The molecule has 0 N–H and O–H groups in total. The normalized spacial score (nSPS) is 11.6. The molecule has 0 aliphatic heterocycles. The predicted octanol–water partition coefficient (Wildman–Crippen LogP) is 9.93. The van der Waals surface area contributed by atoms with E-state index >= 15 is 0 Å². The monoisotopic (exact) mass is 558 g/mol. The number of hydrogen-bond donors (Lipinski definition) is 0. The smallest absolute Gasteiger partial charge is 0.101 e. The molecule has 0 amide bonds. The lowest BCUT2D eigenvalue weighted by Gasteiger charge is -2.19. The summed E-state index contributed by atoms with van der Waals surface area (Å²) in [6.45, 7) is 0. The average molecular weight is 559 g/mol. The number of aromatic nitrogens is 2. The summed E-state index contributed by atoms with van der Waals surface area (Å²) in [6.07, 6.45) is 0. The van der Waals surface area contributed by atoms with Crippen LogP contribution in [0.15, 0.2) is 133 Å². The summed E-state index contributed by atoms with van der Waals surface area (Å²) in [5.41, 5.74) is 6.62. The van der Waals surface area contributed by atoms with Crippen molar-refractivity contribution in [3.63, 3.8) is 0 Å². The Morgan fingerprint density at radius 2 is 0.773 bits per heavy atom. The van der Waals surface area contributed by atoms with Crippen LogP contribution in [0, 0.1) is 22.7 Å². The van der Waals surface area contributed by atoms with Crippen molar-refractivity contribution in [1.82, 2.24) is 9.13 Å². The number of para-hydroxylation sites is 2. The fraction of sp³-hybridized carbons (Fsp3) is 0. The van der Waals surface area contributed by atoms with Gasteiger partial charge in [-0.15, -0.1) is 0 Å². The van der Waals surface area contributed by atoms with Crippen LogP contribution in [0.1, 0.15) is 11.1 Å². The zero-order chi connectivity index (χ0) is 29.4. The van der Waals surface area contributed by atoms with Crippen molar-refractivity contribution >= 4 is 65.2 Å². The lowest BCUT2D eigenvalue weighted by Crippen LogP contribution is -2.06. The second-order valence-electron chi connectivity index (χ2n) is 11.2. The zero-order valence-corrected chi connectivity index (χ0v) is 23.5. The standard InChI is InChI=1S/C40H22N4/c41-23-27-21-37(43-35-15-7-5-13-31(35)33-19-17-25-9-1-3-11-29(25)39(33)43)38(22-28(27)24-42)44-36-16-8-6-14-32(36)34-20-18-26-10-2-4-12-30(26)40(34)44/h1-22H. The van der Waals surface area contributed by atoms with E-state index in [1.54, 1.807) is 0 Å². The number of rotatable bonds is 2. The largest absolute Gasteiger partial charge is 0.306 e. The molecule has 0 aliphatic carbocycles. The van der Waals surface area contributed by atoms with Gasteiger partial charge in [-0.2, -0.15) is 10.5 Å². The number of benzene rings is 7. The highest BCUT2D eigenvalue weighted by Gasteiger charge is 2.23. The van der Waals surface area contributed by atoms with Gasteiger partial charge >= 0.3 is 0 Å². The van der Waals surface area contributed by atoms with Crippen molar-refractivity contribution in [2.75, 3.05) is 0 Å². The van der Waals surface area contributed by atoms with E-state index in [1.807, 2.05) is 12.1 Å². The van der Waals surface area contributed by atoms with Crippen LogP contribution in [0.5, 0.6) is 0 Å². The second-order valence-corrected chi connectivity index (χ2v) is 11.2. The van der Waals surface area contributed by atoms with Gasteiger partial charge in [0.05, 0.1) is 44.6 Å². The summed E-state index contributed by atoms with van der Waals surface area (Å²) in [5, 5.41) is 29.6. The third kappa shape index (κ3) is 3.20. The Hall–Kier alpha value is -6.36. The molecule has 9 aromatic rings. The molecule has 2 aromatic heterocycles. The van der Waals surface area contributed by atoms with Crippen molar-refractivity contribution in [1.29, 1.82) is 10.5 Å². The van der Waals surface area contributed by atoms with Crippen LogP contribution < -0.4 is 0 Å². The van der Waals surface area contributed by atoms with Gasteiger partial charge < -0.3 is 9.13 Å². The molecule has 4 nitrogen and oxygen atoms in total. The molecule has 44 heavy (non-hydrogen) atoms. The van der Waals surface area contributed by atoms with E-state index in [0.717, 1.165) is 76.5 Å². The molecule has 0 saturated carbocycles. The summed E-state index contributed by atoms with van der Waals surface area (Å²) in [5.74, 6) is 0. The lowest BCUT2D eigenvalue weighted by molar-refractivity contribution is 1.09. The molecular formula is C40H22N4. The summed E-state index contributed by atoms with van der Waals surface area (Å²) in [4.78, 5) is 0. The van der Waals surface area contributed by atoms with Crippen molar-refractivity contribution in [3.8, 4) is 23.5 Å². The summed E-state index contributed by atoms with van der Waals surface area (Å²) >= 11 is 0. The van der Waals surface area contributed by atoms with Crippen molar-refractivity contribution in [2.24, 2.45) is 0 Å². The maximum Gasteiger partial charge on any atom is 0.101 e. The predicted molar refractivity (Wildman–Crippen MR) is 180 cm³/mol. The van der Waals surface area contributed by atoms with Crippen LogP contribution in [-0.4, -0.2) is 9.13 Å². The van der Waals surface area contributed by atoms with Crippen molar-refractivity contribution in [2.45, 2.75) is 0 Å². The molecule has 0 spiro atoms. The molecule has 0 unspecified atom stereocenters. The molecule has 0 atom stereocenters. The van der Waals surface area contributed by atoms with Gasteiger partial charge in [-0.1, -0.05) is 109 Å². The quantitative estimate of drug-likeness (QED) is 0.212. The number of nitrogens with zero attached hydrogens (tertiary/aromatic N) is 4. The van der Waals surface area contributed by atoms with Gasteiger partial charge in [0, 0.05) is 32.3 Å². The summed E-state index contributed by atoms with van der Waals surface area (Å²) in [6, 6.07) is 50.9. The minimum atomic E-state index is 0.350. The van der Waals surface area contributed by atoms with Crippen LogP contribution in [0.2, 0.25) is 0 Å². The highest BCUT2D eigenvalue weighted by Crippen LogP contribution is 2.42. The molecule has 0 bridgehead atoms. The second kappa shape index (κ2) is 9.07. The Bertz CT molecular complexity index is 2550. The first-order valence-electron chi connectivity index (χ1n) is 14.6. The average Bonchev–Trinajstić information content (AvgIpc) is 3.61. The van der Waals surface area contributed by atoms with Gasteiger partial charge in [-0.25, -0.2) is 0 Å².